The molecule has 0 heterocycles. The van der Waals surface area contributed by atoms with E-state index in [1.807, 2.05) is 65.0 Å². The molecule has 0 bridgehead atoms. The second kappa shape index (κ2) is 11.2. The minimum absolute atomic E-state index is 0.129. The van der Waals surface area contributed by atoms with Gasteiger partial charge < -0.3 is 10.6 Å². The zero-order valence-electron chi connectivity index (χ0n) is 18.0. The Kier molecular flexibility index (Phi) is 9.65. The van der Waals surface area contributed by atoms with Crippen LogP contribution < -0.4 is 16.1 Å². The Bertz CT molecular complexity index is 689. The van der Waals surface area contributed by atoms with E-state index in [2.05, 4.69) is 10.6 Å². The standard InChI is InChI=1S/C21H33N3O4S/c1-13(2)12-15(18(25)23-17(20(27)22-6)21(3,4)5)16(19(26)24-28)29-14-10-8-7-9-11-14/h7-11,13,15-17,28H,12H2,1-6H3,(H,22,27)(H,23,25)(H,24,26)/t15-,16+,17-/m1/s1. The van der Waals surface area contributed by atoms with Gasteiger partial charge in [-0.1, -0.05) is 52.8 Å². The molecule has 0 spiro atoms. The number of nitrogens with one attached hydrogen (secondary N) is 3. The second-order valence-corrected chi connectivity index (χ2v) is 9.70. The lowest BCUT2D eigenvalue weighted by Gasteiger charge is -2.33. The highest BCUT2D eigenvalue weighted by atomic mass is 32.2. The van der Waals surface area contributed by atoms with Gasteiger partial charge in [-0.25, -0.2) is 5.48 Å². The van der Waals surface area contributed by atoms with E-state index >= 15 is 0 Å². The number of hydrogen-bond acceptors (Lipinski definition) is 5. The number of amides is 3. The monoisotopic (exact) mass is 423 g/mol. The van der Waals surface area contributed by atoms with E-state index < -0.39 is 28.5 Å². The lowest BCUT2D eigenvalue weighted by Crippen LogP contribution is -2.56. The van der Waals surface area contributed by atoms with Crippen molar-refractivity contribution in [3.8, 4) is 0 Å². The maximum atomic E-state index is 13.2. The van der Waals surface area contributed by atoms with Gasteiger partial charge >= 0.3 is 0 Å². The van der Waals surface area contributed by atoms with Gasteiger partial charge in [0, 0.05) is 11.9 Å². The molecule has 3 atom stereocenters. The van der Waals surface area contributed by atoms with Crippen LogP contribution in [-0.2, 0) is 14.4 Å². The molecule has 7 nitrogen and oxygen atoms in total. The maximum Gasteiger partial charge on any atom is 0.257 e. The van der Waals surface area contributed by atoms with Crippen LogP contribution in [0.5, 0.6) is 0 Å². The SMILES string of the molecule is CNC(=O)[C@@H](NC(=O)[C@H](CC(C)C)[C@H](Sc1ccccc1)C(=O)NO)C(C)(C)C. The summed E-state index contributed by atoms with van der Waals surface area (Å²) in [6.45, 7) is 9.51. The average molecular weight is 424 g/mol. The molecule has 0 unspecified atom stereocenters. The van der Waals surface area contributed by atoms with Crippen LogP contribution >= 0.6 is 11.8 Å². The number of hydrogen-bond donors (Lipinski definition) is 4. The Balaban J connectivity index is 3.22. The Morgan fingerprint density at radius 3 is 2.07 bits per heavy atom. The fourth-order valence-electron chi connectivity index (χ4n) is 2.97. The van der Waals surface area contributed by atoms with Crippen molar-refractivity contribution in [3.63, 3.8) is 0 Å². The largest absolute Gasteiger partial charge is 0.357 e. The highest BCUT2D eigenvalue weighted by molar-refractivity contribution is 8.00. The van der Waals surface area contributed by atoms with E-state index in [4.69, 9.17) is 0 Å². The van der Waals surface area contributed by atoms with Gasteiger partial charge in [-0.15, -0.1) is 11.8 Å². The van der Waals surface area contributed by atoms with E-state index in [1.165, 1.54) is 18.8 Å². The molecule has 29 heavy (non-hydrogen) atoms. The number of thioether (sulfide) groups is 1. The molecule has 0 radical (unpaired) electrons. The van der Waals surface area contributed by atoms with Gasteiger partial charge in [-0.05, 0) is 29.9 Å². The van der Waals surface area contributed by atoms with Gasteiger partial charge in [0.2, 0.25) is 11.8 Å². The van der Waals surface area contributed by atoms with Crippen LogP contribution in [0.3, 0.4) is 0 Å². The zero-order chi connectivity index (χ0) is 22.2. The normalized spacial score (nSPS) is 14.6. The highest BCUT2D eigenvalue weighted by Gasteiger charge is 2.39. The molecule has 8 heteroatoms. The van der Waals surface area contributed by atoms with Gasteiger partial charge in [0.05, 0.1) is 5.92 Å². The number of likely N-dealkylation sites (N-methyl/N-ethyl adjacent to an activating group) is 1. The maximum absolute atomic E-state index is 13.2. The molecule has 1 rings (SSSR count). The molecule has 0 saturated heterocycles. The van der Waals surface area contributed by atoms with Crippen molar-refractivity contribution in [2.24, 2.45) is 17.3 Å². The fourth-order valence-corrected chi connectivity index (χ4v) is 4.14. The first-order valence-corrected chi connectivity index (χ1v) is 10.6. The molecular weight excluding hydrogens is 390 g/mol. The number of rotatable bonds is 9. The molecule has 1 aromatic rings. The topological polar surface area (TPSA) is 108 Å². The van der Waals surface area contributed by atoms with Gasteiger partial charge in [0.25, 0.3) is 5.91 Å². The van der Waals surface area contributed by atoms with Gasteiger partial charge in [-0.3, -0.25) is 19.6 Å². The quantitative estimate of drug-likeness (QED) is 0.277. The first-order chi connectivity index (χ1) is 13.5. The van der Waals surface area contributed by atoms with Crippen molar-refractivity contribution in [1.29, 1.82) is 0 Å². The predicted octanol–water partition coefficient (Wildman–Crippen LogP) is 2.59. The summed E-state index contributed by atoms with van der Waals surface area (Å²) >= 11 is 1.22. The van der Waals surface area contributed by atoms with Crippen molar-refractivity contribution in [2.45, 2.75) is 57.2 Å². The lowest BCUT2D eigenvalue weighted by atomic mass is 9.85. The molecule has 0 saturated carbocycles. The zero-order valence-corrected chi connectivity index (χ0v) is 18.8. The van der Waals surface area contributed by atoms with Crippen molar-refractivity contribution in [3.05, 3.63) is 30.3 Å². The third-order valence-corrected chi connectivity index (χ3v) is 5.80. The number of carbonyl (C=O) groups is 3. The molecule has 162 valence electrons. The van der Waals surface area contributed by atoms with Crippen molar-refractivity contribution in [2.75, 3.05) is 7.05 Å². The summed E-state index contributed by atoms with van der Waals surface area (Å²) in [5.41, 5.74) is 1.18. The van der Waals surface area contributed by atoms with E-state index in [0.717, 1.165) is 4.90 Å². The molecule has 0 aromatic heterocycles. The Labute approximate surface area is 177 Å². The van der Waals surface area contributed by atoms with Crippen molar-refractivity contribution < 1.29 is 19.6 Å². The summed E-state index contributed by atoms with van der Waals surface area (Å²) < 4.78 is 0. The molecule has 3 amide bonds. The summed E-state index contributed by atoms with van der Waals surface area (Å²) in [5, 5.41) is 13.8. The summed E-state index contributed by atoms with van der Waals surface area (Å²) in [6.07, 6.45) is 0.425. The summed E-state index contributed by atoms with van der Waals surface area (Å²) in [6, 6.07) is 8.48. The van der Waals surface area contributed by atoms with Gasteiger partial charge in [0.1, 0.15) is 11.3 Å². The molecule has 0 aliphatic heterocycles. The van der Waals surface area contributed by atoms with E-state index in [9.17, 15) is 19.6 Å². The Morgan fingerprint density at radius 2 is 1.62 bits per heavy atom. The van der Waals surface area contributed by atoms with E-state index in [0.29, 0.717) is 6.42 Å². The molecular formula is C21H33N3O4S. The van der Waals surface area contributed by atoms with Gasteiger partial charge in [0.15, 0.2) is 0 Å². The molecule has 4 N–H and O–H groups in total. The Morgan fingerprint density at radius 1 is 1.03 bits per heavy atom. The van der Waals surface area contributed by atoms with Crippen molar-refractivity contribution in [1.82, 2.24) is 16.1 Å². The minimum Gasteiger partial charge on any atom is -0.357 e. The molecule has 1 aromatic carbocycles. The lowest BCUT2D eigenvalue weighted by molar-refractivity contribution is -0.137. The molecule has 0 aliphatic rings. The number of benzene rings is 1. The van der Waals surface area contributed by atoms with Crippen LogP contribution in [0.25, 0.3) is 0 Å². The second-order valence-electron chi connectivity index (χ2n) is 8.49. The third kappa shape index (κ3) is 7.70. The van der Waals surface area contributed by atoms with Crippen LogP contribution in [0.4, 0.5) is 0 Å². The molecule has 0 fully saturated rings. The smallest absolute Gasteiger partial charge is 0.257 e. The van der Waals surface area contributed by atoms with Crippen LogP contribution in [0.2, 0.25) is 0 Å². The Hall–Kier alpha value is -2.06. The fraction of sp³-hybridized carbons (Fsp3) is 0.571. The summed E-state index contributed by atoms with van der Waals surface area (Å²) in [7, 11) is 1.52. The van der Waals surface area contributed by atoms with Crippen LogP contribution in [-0.4, -0.2) is 41.3 Å². The first kappa shape index (κ1) is 25.0. The van der Waals surface area contributed by atoms with Crippen LogP contribution in [0.1, 0.15) is 41.0 Å². The van der Waals surface area contributed by atoms with Crippen molar-refractivity contribution >= 4 is 29.5 Å². The highest BCUT2D eigenvalue weighted by Crippen LogP contribution is 2.32. The third-order valence-electron chi connectivity index (χ3n) is 4.46. The van der Waals surface area contributed by atoms with Gasteiger partial charge in [-0.2, -0.15) is 0 Å². The van der Waals surface area contributed by atoms with E-state index in [-0.39, 0.29) is 17.7 Å². The summed E-state index contributed by atoms with van der Waals surface area (Å²) in [4.78, 5) is 38.9. The average Bonchev–Trinajstić information content (AvgIpc) is 2.67. The van der Waals surface area contributed by atoms with Crippen LogP contribution in [0.15, 0.2) is 35.2 Å². The number of hydroxylamine groups is 1. The minimum atomic E-state index is -0.852. The van der Waals surface area contributed by atoms with E-state index in [1.54, 1.807) is 5.48 Å². The predicted molar refractivity (Wildman–Crippen MR) is 114 cm³/mol. The van der Waals surface area contributed by atoms with Crippen LogP contribution in [0, 0.1) is 17.3 Å². The molecule has 0 aliphatic carbocycles. The number of carbonyl (C=O) groups excluding carboxylic acids is 3. The first-order valence-electron chi connectivity index (χ1n) is 9.68. The summed E-state index contributed by atoms with van der Waals surface area (Å²) in [5.74, 6) is -1.94.